The van der Waals surface area contributed by atoms with Crippen molar-refractivity contribution in [1.29, 1.82) is 0 Å². The van der Waals surface area contributed by atoms with E-state index < -0.39 is 17.8 Å². The molecule has 88 valence electrons. The van der Waals surface area contributed by atoms with Crippen molar-refractivity contribution in [2.45, 2.75) is 19.5 Å². The minimum Gasteiger partial charge on any atom is -0.465 e. The lowest BCUT2D eigenvalue weighted by Crippen LogP contribution is -2.13. The SMILES string of the molecule is CCc1nc(C(F)(F)F)ccc1C(=O)OC. The molecule has 0 unspecified atom stereocenters. The fourth-order valence-electron chi connectivity index (χ4n) is 1.22. The number of rotatable bonds is 2. The van der Waals surface area contributed by atoms with Gasteiger partial charge in [-0.3, -0.25) is 0 Å². The smallest absolute Gasteiger partial charge is 0.433 e. The van der Waals surface area contributed by atoms with Crippen LogP contribution in [-0.2, 0) is 17.3 Å². The quantitative estimate of drug-likeness (QED) is 0.736. The van der Waals surface area contributed by atoms with Gasteiger partial charge in [-0.2, -0.15) is 13.2 Å². The number of nitrogens with zero attached hydrogens (tertiary/aromatic N) is 1. The summed E-state index contributed by atoms with van der Waals surface area (Å²) in [5.74, 6) is -0.682. The summed E-state index contributed by atoms with van der Waals surface area (Å²) in [6, 6.07) is 1.85. The number of esters is 1. The summed E-state index contributed by atoms with van der Waals surface area (Å²) in [5, 5.41) is 0. The molecule has 6 heteroatoms. The Morgan fingerprint density at radius 3 is 2.50 bits per heavy atom. The molecule has 1 aromatic heterocycles. The van der Waals surface area contributed by atoms with E-state index in [-0.39, 0.29) is 17.7 Å². The van der Waals surface area contributed by atoms with Gasteiger partial charge < -0.3 is 4.74 Å². The molecule has 0 aliphatic rings. The van der Waals surface area contributed by atoms with Gasteiger partial charge >= 0.3 is 12.1 Å². The van der Waals surface area contributed by atoms with E-state index in [1.165, 1.54) is 7.11 Å². The van der Waals surface area contributed by atoms with Gasteiger partial charge in [-0.15, -0.1) is 0 Å². The Morgan fingerprint density at radius 1 is 1.44 bits per heavy atom. The zero-order valence-corrected chi connectivity index (χ0v) is 8.76. The van der Waals surface area contributed by atoms with Crippen LogP contribution in [0, 0.1) is 0 Å². The van der Waals surface area contributed by atoms with E-state index >= 15 is 0 Å². The van der Waals surface area contributed by atoms with Gasteiger partial charge in [-0.25, -0.2) is 9.78 Å². The van der Waals surface area contributed by atoms with Crippen LogP contribution in [-0.4, -0.2) is 18.1 Å². The van der Waals surface area contributed by atoms with E-state index in [1.54, 1.807) is 6.92 Å². The van der Waals surface area contributed by atoms with E-state index in [1.807, 2.05) is 0 Å². The zero-order chi connectivity index (χ0) is 12.3. The Hall–Kier alpha value is -1.59. The van der Waals surface area contributed by atoms with Crippen LogP contribution in [0.15, 0.2) is 12.1 Å². The molecular formula is C10H10F3NO2. The molecule has 0 aliphatic heterocycles. The zero-order valence-electron chi connectivity index (χ0n) is 8.76. The van der Waals surface area contributed by atoms with E-state index in [0.29, 0.717) is 0 Å². The van der Waals surface area contributed by atoms with E-state index in [9.17, 15) is 18.0 Å². The number of carbonyl (C=O) groups is 1. The number of ether oxygens (including phenoxy) is 1. The minimum atomic E-state index is -4.50. The first-order chi connectivity index (χ1) is 7.40. The maximum atomic E-state index is 12.3. The number of carbonyl (C=O) groups excluding carboxylic acids is 1. The molecule has 0 bridgehead atoms. The van der Waals surface area contributed by atoms with Crippen molar-refractivity contribution in [3.05, 3.63) is 29.1 Å². The van der Waals surface area contributed by atoms with Gasteiger partial charge in [-0.05, 0) is 18.6 Å². The predicted molar refractivity (Wildman–Crippen MR) is 50.0 cm³/mol. The Labute approximate surface area is 90.2 Å². The molecular weight excluding hydrogens is 223 g/mol. The average Bonchev–Trinajstić information content (AvgIpc) is 2.26. The third kappa shape index (κ3) is 2.50. The number of halogens is 3. The van der Waals surface area contributed by atoms with Crippen molar-refractivity contribution in [3.63, 3.8) is 0 Å². The molecule has 0 amide bonds. The Kier molecular flexibility index (Phi) is 3.51. The second-order valence-corrected chi connectivity index (χ2v) is 3.03. The highest BCUT2D eigenvalue weighted by atomic mass is 19.4. The first kappa shape index (κ1) is 12.5. The van der Waals surface area contributed by atoms with Crippen molar-refractivity contribution >= 4 is 5.97 Å². The summed E-state index contributed by atoms with van der Waals surface area (Å²) >= 11 is 0. The normalized spacial score (nSPS) is 11.3. The maximum absolute atomic E-state index is 12.3. The number of hydrogen-bond acceptors (Lipinski definition) is 3. The van der Waals surface area contributed by atoms with Crippen LogP contribution < -0.4 is 0 Å². The largest absolute Gasteiger partial charge is 0.465 e. The number of alkyl halides is 3. The minimum absolute atomic E-state index is 0.0676. The predicted octanol–water partition coefficient (Wildman–Crippen LogP) is 2.45. The molecule has 0 spiro atoms. The fourth-order valence-corrected chi connectivity index (χ4v) is 1.22. The molecule has 0 atom stereocenters. The molecule has 0 aliphatic carbocycles. The van der Waals surface area contributed by atoms with Crippen molar-refractivity contribution < 1.29 is 22.7 Å². The highest BCUT2D eigenvalue weighted by Crippen LogP contribution is 2.28. The monoisotopic (exact) mass is 233 g/mol. The molecule has 1 aromatic rings. The molecule has 0 N–H and O–H groups in total. The summed E-state index contributed by atoms with van der Waals surface area (Å²) in [4.78, 5) is 14.6. The van der Waals surface area contributed by atoms with Gasteiger partial charge in [0.25, 0.3) is 0 Å². The summed E-state index contributed by atoms with van der Waals surface area (Å²) in [5.41, 5.74) is -0.850. The topological polar surface area (TPSA) is 39.2 Å². The third-order valence-corrected chi connectivity index (χ3v) is 2.00. The highest BCUT2D eigenvalue weighted by Gasteiger charge is 2.33. The van der Waals surface area contributed by atoms with Crippen LogP contribution in [0.4, 0.5) is 13.2 Å². The Bertz CT molecular complexity index is 402. The highest BCUT2D eigenvalue weighted by molar-refractivity contribution is 5.90. The average molecular weight is 233 g/mol. The Balaban J connectivity index is 3.22. The summed E-state index contributed by atoms with van der Waals surface area (Å²) < 4.78 is 41.5. The third-order valence-electron chi connectivity index (χ3n) is 2.00. The molecule has 0 aromatic carbocycles. The van der Waals surface area contributed by atoms with Gasteiger partial charge in [0.05, 0.1) is 18.4 Å². The number of methoxy groups -OCH3 is 1. The number of aromatic nitrogens is 1. The molecule has 1 heterocycles. The Morgan fingerprint density at radius 2 is 2.06 bits per heavy atom. The standard InChI is InChI=1S/C10H10F3NO2/c1-3-7-6(9(15)16-2)4-5-8(14-7)10(11,12)13/h4-5H,3H2,1-2H3. The van der Waals surface area contributed by atoms with Gasteiger partial charge in [0.2, 0.25) is 0 Å². The van der Waals surface area contributed by atoms with Crippen LogP contribution >= 0.6 is 0 Å². The van der Waals surface area contributed by atoms with Gasteiger partial charge in [0.15, 0.2) is 0 Å². The lowest BCUT2D eigenvalue weighted by atomic mass is 10.1. The molecule has 0 radical (unpaired) electrons. The van der Waals surface area contributed by atoms with Crippen LogP contribution in [0.1, 0.15) is 28.7 Å². The second-order valence-electron chi connectivity index (χ2n) is 3.03. The summed E-state index contributed by atoms with van der Waals surface area (Å²) in [7, 11) is 1.17. The summed E-state index contributed by atoms with van der Waals surface area (Å²) in [6.07, 6.45) is -4.27. The first-order valence-electron chi connectivity index (χ1n) is 4.55. The number of aryl methyl sites for hydroxylation is 1. The van der Waals surface area contributed by atoms with Crippen LogP contribution in [0.25, 0.3) is 0 Å². The van der Waals surface area contributed by atoms with E-state index in [4.69, 9.17) is 0 Å². The van der Waals surface area contributed by atoms with Crippen LogP contribution in [0.2, 0.25) is 0 Å². The lowest BCUT2D eigenvalue weighted by molar-refractivity contribution is -0.141. The van der Waals surface area contributed by atoms with Crippen LogP contribution in [0.3, 0.4) is 0 Å². The van der Waals surface area contributed by atoms with Gasteiger partial charge in [-0.1, -0.05) is 6.92 Å². The molecule has 0 saturated heterocycles. The molecule has 16 heavy (non-hydrogen) atoms. The number of pyridine rings is 1. The maximum Gasteiger partial charge on any atom is 0.433 e. The van der Waals surface area contributed by atoms with Crippen molar-refractivity contribution in [2.24, 2.45) is 0 Å². The van der Waals surface area contributed by atoms with Crippen LogP contribution in [0.5, 0.6) is 0 Å². The van der Waals surface area contributed by atoms with Crippen molar-refractivity contribution in [2.75, 3.05) is 7.11 Å². The van der Waals surface area contributed by atoms with Gasteiger partial charge in [0.1, 0.15) is 5.69 Å². The van der Waals surface area contributed by atoms with Gasteiger partial charge in [0, 0.05) is 0 Å². The molecule has 0 saturated carbocycles. The molecule has 0 fully saturated rings. The molecule has 3 nitrogen and oxygen atoms in total. The van der Waals surface area contributed by atoms with Crippen molar-refractivity contribution in [1.82, 2.24) is 4.98 Å². The lowest BCUT2D eigenvalue weighted by Gasteiger charge is -2.09. The summed E-state index contributed by atoms with van der Waals surface area (Å²) in [6.45, 7) is 1.62. The second kappa shape index (κ2) is 4.51. The van der Waals surface area contributed by atoms with E-state index in [0.717, 1.165) is 12.1 Å². The fraction of sp³-hybridized carbons (Fsp3) is 0.400. The molecule has 1 rings (SSSR count). The van der Waals surface area contributed by atoms with Crippen molar-refractivity contribution in [3.8, 4) is 0 Å². The first-order valence-corrected chi connectivity index (χ1v) is 4.55. The van der Waals surface area contributed by atoms with E-state index in [2.05, 4.69) is 9.72 Å². The number of hydrogen-bond donors (Lipinski definition) is 0.